The van der Waals surface area contributed by atoms with Gasteiger partial charge in [0.15, 0.2) is 0 Å². The molecular formula is C11H12BrIN2O. The molecule has 0 spiro atoms. The molecule has 0 saturated heterocycles. The first kappa shape index (κ1) is 13.7. The molecule has 1 aromatic carbocycles. The van der Waals surface area contributed by atoms with E-state index >= 15 is 0 Å². The van der Waals surface area contributed by atoms with Crippen LogP contribution in [-0.4, -0.2) is 19.0 Å². The molecule has 0 bridgehead atoms. The van der Waals surface area contributed by atoms with Crippen LogP contribution in [0.4, 0.5) is 0 Å². The molecule has 1 aromatic rings. The van der Waals surface area contributed by atoms with Gasteiger partial charge in [-0.15, -0.1) is 0 Å². The first-order valence-electron chi connectivity index (χ1n) is 4.73. The van der Waals surface area contributed by atoms with Gasteiger partial charge in [0.25, 0.3) is 5.91 Å². The molecule has 0 fully saturated rings. The zero-order valence-corrected chi connectivity index (χ0v) is 12.3. The first-order valence-corrected chi connectivity index (χ1v) is 6.60. The molecule has 3 N–H and O–H groups in total. The third-order valence-corrected chi connectivity index (χ3v) is 3.29. The van der Waals surface area contributed by atoms with Crippen LogP contribution in [0.3, 0.4) is 0 Å². The first-order chi connectivity index (χ1) is 7.65. The Labute approximate surface area is 117 Å². The van der Waals surface area contributed by atoms with E-state index in [-0.39, 0.29) is 5.91 Å². The Kier molecular flexibility index (Phi) is 6.00. The zero-order chi connectivity index (χ0) is 12.0. The minimum absolute atomic E-state index is 0.0765. The van der Waals surface area contributed by atoms with Crippen molar-refractivity contribution in [2.45, 2.75) is 0 Å². The monoisotopic (exact) mass is 394 g/mol. The summed E-state index contributed by atoms with van der Waals surface area (Å²) in [6.45, 7) is 0.989. The highest BCUT2D eigenvalue weighted by Crippen LogP contribution is 2.18. The van der Waals surface area contributed by atoms with Gasteiger partial charge < -0.3 is 11.1 Å². The lowest BCUT2D eigenvalue weighted by Crippen LogP contribution is -2.24. The van der Waals surface area contributed by atoms with E-state index in [0.29, 0.717) is 18.7 Å². The lowest BCUT2D eigenvalue weighted by Gasteiger charge is -2.05. The molecule has 16 heavy (non-hydrogen) atoms. The number of rotatable bonds is 4. The standard InChI is InChI=1S/C11H12BrIN2O/c12-8-3-4-10(13)9(7-8)11(16)15-6-2-1-5-14/h1-4,7H,5-6,14H2,(H,15,16)/b2-1+. The van der Waals surface area contributed by atoms with E-state index in [9.17, 15) is 4.79 Å². The van der Waals surface area contributed by atoms with Crippen LogP contribution in [0, 0.1) is 3.57 Å². The molecule has 1 amide bonds. The molecule has 0 aliphatic carbocycles. The largest absolute Gasteiger partial charge is 0.349 e. The van der Waals surface area contributed by atoms with Crippen LogP contribution < -0.4 is 11.1 Å². The van der Waals surface area contributed by atoms with Crippen molar-refractivity contribution < 1.29 is 4.79 Å². The summed E-state index contributed by atoms with van der Waals surface area (Å²) in [5.74, 6) is -0.0765. The molecule has 0 atom stereocenters. The van der Waals surface area contributed by atoms with Gasteiger partial charge in [-0.2, -0.15) is 0 Å². The minimum atomic E-state index is -0.0765. The fourth-order valence-electron chi connectivity index (χ4n) is 1.10. The van der Waals surface area contributed by atoms with Crippen molar-refractivity contribution in [1.29, 1.82) is 0 Å². The number of halogens is 2. The highest BCUT2D eigenvalue weighted by molar-refractivity contribution is 14.1. The SMILES string of the molecule is NC/C=C/CNC(=O)c1cc(Br)ccc1I. The van der Waals surface area contributed by atoms with Crippen LogP contribution in [0.5, 0.6) is 0 Å². The van der Waals surface area contributed by atoms with Gasteiger partial charge in [-0.3, -0.25) is 4.79 Å². The second-order valence-corrected chi connectivity index (χ2v) is 5.12. The summed E-state index contributed by atoms with van der Waals surface area (Å²) in [6.07, 6.45) is 3.65. The van der Waals surface area contributed by atoms with Gasteiger partial charge in [0, 0.05) is 21.1 Å². The molecule has 0 unspecified atom stereocenters. The van der Waals surface area contributed by atoms with Gasteiger partial charge in [-0.05, 0) is 40.8 Å². The maximum atomic E-state index is 11.8. The maximum Gasteiger partial charge on any atom is 0.252 e. The molecule has 3 nitrogen and oxygen atoms in total. The van der Waals surface area contributed by atoms with Gasteiger partial charge in [0.1, 0.15) is 0 Å². The average molecular weight is 395 g/mol. The summed E-state index contributed by atoms with van der Waals surface area (Å²) in [6, 6.07) is 5.62. The van der Waals surface area contributed by atoms with Gasteiger partial charge in [-0.1, -0.05) is 28.1 Å². The smallest absolute Gasteiger partial charge is 0.252 e. The third-order valence-electron chi connectivity index (χ3n) is 1.86. The Morgan fingerprint density at radius 1 is 1.50 bits per heavy atom. The number of hydrogen-bond donors (Lipinski definition) is 2. The molecule has 0 aromatic heterocycles. The minimum Gasteiger partial charge on any atom is -0.349 e. The maximum absolute atomic E-state index is 11.8. The van der Waals surface area contributed by atoms with Gasteiger partial charge >= 0.3 is 0 Å². The molecule has 0 aliphatic rings. The van der Waals surface area contributed by atoms with Crippen LogP contribution in [0.15, 0.2) is 34.8 Å². The molecule has 86 valence electrons. The van der Waals surface area contributed by atoms with E-state index < -0.39 is 0 Å². The van der Waals surface area contributed by atoms with E-state index in [2.05, 4.69) is 43.8 Å². The number of carbonyl (C=O) groups excluding carboxylic acids is 1. The number of nitrogens with one attached hydrogen (secondary N) is 1. The summed E-state index contributed by atoms with van der Waals surface area (Å²) in [7, 11) is 0. The van der Waals surface area contributed by atoms with E-state index in [0.717, 1.165) is 8.04 Å². The summed E-state index contributed by atoms with van der Waals surface area (Å²) in [5, 5.41) is 2.79. The third kappa shape index (κ3) is 4.23. The van der Waals surface area contributed by atoms with Crippen LogP contribution in [0.25, 0.3) is 0 Å². The Bertz CT molecular complexity index is 407. The summed E-state index contributed by atoms with van der Waals surface area (Å²) in [5.41, 5.74) is 5.97. The van der Waals surface area contributed by atoms with Crippen molar-refractivity contribution in [1.82, 2.24) is 5.32 Å². The summed E-state index contributed by atoms with van der Waals surface area (Å²) >= 11 is 5.48. The van der Waals surface area contributed by atoms with Crippen LogP contribution in [0.1, 0.15) is 10.4 Å². The second kappa shape index (κ2) is 7.03. The predicted octanol–water partition coefficient (Wildman–Crippen LogP) is 2.30. The molecule has 0 radical (unpaired) electrons. The predicted molar refractivity (Wildman–Crippen MR) is 77.4 cm³/mol. The van der Waals surface area contributed by atoms with E-state index in [1.54, 1.807) is 0 Å². The topological polar surface area (TPSA) is 55.1 Å². The number of carbonyl (C=O) groups is 1. The molecule has 0 aliphatic heterocycles. The lowest BCUT2D eigenvalue weighted by molar-refractivity contribution is 0.0957. The van der Waals surface area contributed by atoms with Crippen LogP contribution >= 0.6 is 38.5 Å². The zero-order valence-electron chi connectivity index (χ0n) is 8.54. The van der Waals surface area contributed by atoms with Crippen molar-refractivity contribution in [3.8, 4) is 0 Å². The van der Waals surface area contributed by atoms with Gasteiger partial charge in [0.05, 0.1) is 5.56 Å². The summed E-state index contributed by atoms with van der Waals surface area (Å²) < 4.78 is 1.83. The van der Waals surface area contributed by atoms with E-state index in [4.69, 9.17) is 5.73 Å². The van der Waals surface area contributed by atoms with Crippen molar-refractivity contribution >= 4 is 44.4 Å². The Hall–Kier alpha value is -0.400. The quantitative estimate of drug-likeness (QED) is 0.608. The number of nitrogens with two attached hydrogens (primary N) is 1. The Morgan fingerprint density at radius 2 is 2.25 bits per heavy atom. The highest BCUT2D eigenvalue weighted by Gasteiger charge is 2.08. The van der Waals surface area contributed by atoms with E-state index in [1.165, 1.54) is 0 Å². The van der Waals surface area contributed by atoms with Crippen molar-refractivity contribution in [3.05, 3.63) is 44.0 Å². The van der Waals surface area contributed by atoms with Crippen molar-refractivity contribution in [2.24, 2.45) is 5.73 Å². The Morgan fingerprint density at radius 3 is 2.94 bits per heavy atom. The molecule has 0 heterocycles. The number of hydrogen-bond acceptors (Lipinski definition) is 2. The number of amides is 1. The second-order valence-electron chi connectivity index (χ2n) is 3.04. The average Bonchev–Trinajstić information content (AvgIpc) is 2.27. The fraction of sp³-hybridized carbons (Fsp3) is 0.182. The Balaban J connectivity index is 2.65. The fourth-order valence-corrected chi connectivity index (χ4v) is 2.04. The normalized spacial score (nSPS) is 10.7. The van der Waals surface area contributed by atoms with Crippen molar-refractivity contribution in [2.75, 3.05) is 13.1 Å². The molecular weight excluding hydrogens is 383 g/mol. The van der Waals surface area contributed by atoms with E-state index in [1.807, 2.05) is 30.4 Å². The molecule has 1 rings (SSSR count). The van der Waals surface area contributed by atoms with Crippen molar-refractivity contribution in [3.63, 3.8) is 0 Å². The molecule has 0 saturated carbocycles. The summed E-state index contributed by atoms with van der Waals surface area (Å²) in [4.78, 5) is 11.8. The number of benzene rings is 1. The highest BCUT2D eigenvalue weighted by atomic mass is 127. The van der Waals surface area contributed by atoms with Crippen LogP contribution in [-0.2, 0) is 0 Å². The van der Waals surface area contributed by atoms with Gasteiger partial charge in [0.2, 0.25) is 0 Å². The van der Waals surface area contributed by atoms with Gasteiger partial charge in [-0.25, -0.2) is 0 Å². The lowest BCUT2D eigenvalue weighted by atomic mass is 10.2. The molecule has 5 heteroatoms. The van der Waals surface area contributed by atoms with Crippen LogP contribution in [0.2, 0.25) is 0 Å².